The molecule has 1 aliphatic rings. The van der Waals surface area contributed by atoms with Gasteiger partial charge in [-0.1, -0.05) is 34.1 Å². The number of carbonyl (C=O) groups is 2. The number of halogens is 1. The van der Waals surface area contributed by atoms with Crippen molar-refractivity contribution in [3.05, 3.63) is 93.4 Å². The van der Waals surface area contributed by atoms with E-state index in [9.17, 15) is 9.59 Å². The number of esters is 1. The van der Waals surface area contributed by atoms with Crippen molar-refractivity contribution >= 4 is 33.8 Å². The number of rotatable bonds is 3. The summed E-state index contributed by atoms with van der Waals surface area (Å²) in [5, 5.41) is 0. The minimum Gasteiger partial charge on any atom is -0.452 e. The smallest absolute Gasteiger partial charge is 0.345 e. The van der Waals surface area contributed by atoms with Crippen molar-refractivity contribution in [3.63, 3.8) is 0 Å². The summed E-state index contributed by atoms with van der Waals surface area (Å²) in [7, 11) is 0. The predicted molar refractivity (Wildman–Crippen MR) is 107 cm³/mol. The Labute approximate surface area is 169 Å². The van der Waals surface area contributed by atoms with Crippen LogP contribution in [-0.2, 0) is 0 Å². The molecular weight excluding hydrogens is 422 g/mol. The quantitative estimate of drug-likeness (QED) is 0.329. The molecule has 0 fully saturated rings. The molecule has 28 heavy (non-hydrogen) atoms. The van der Waals surface area contributed by atoms with E-state index in [2.05, 4.69) is 20.9 Å². The first-order valence-corrected chi connectivity index (χ1v) is 9.28. The highest BCUT2D eigenvalue weighted by Crippen LogP contribution is 2.38. The third-order valence-corrected chi connectivity index (χ3v) is 4.97. The van der Waals surface area contributed by atoms with Crippen molar-refractivity contribution in [2.75, 3.05) is 0 Å². The number of ether oxygens (including phenoxy) is 2. The van der Waals surface area contributed by atoms with Gasteiger partial charge in [0.05, 0.1) is 11.1 Å². The molecule has 0 radical (unpaired) electrons. The fourth-order valence-corrected chi connectivity index (χ4v) is 3.32. The minimum atomic E-state index is -0.527. The van der Waals surface area contributed by atoms with E-state index in [4.69, 9.17) is 9.47 Å². The highest BCUT2D eigenvalue weighted by atomic mass is 79.9. The van der Waals surface area contributed by atoms with Crippen molar-refractivity contribution in [3.8, 4) is 11.5 Å². The molecule has 0 amide bonds. The fourth-order valence-electron chi connectivity index (χ4n) is 2.92. The molecule has 0 aliphatic carbocycles. The lowest BCUT2D eigenvalue weighted by atomic mass is 10.0. The van der Waals surface area contributed by atoms with Gasteiger partial charge < -0.3 is 9.47 Å². The van der Waals surface area contributed by atoms with Crippen LogP contribution in [0, 0.1) is 6.92 Å². The number of aryl methyl sites for hydroxylation is 1. The lowest BCUT2D eigenvalue weighted by Gasteiger charge is -2.07. The van der Waals surface area contributed by atoms with E-state index in [0.717, 1.165) is 10.0 Å². The fraction of sp³-hybridized carbons (Fsp3) is 0.0455. The zero-order valence-corrected chi connectivity index (χ0v) is 16.4. The number of Topliss-reactive ketones (excluding diaryl/α,β-unsaturated/α-hetero) is 1. The second kappa shape index (κ2) is 7.40. The van der Waals surface area contributed by atoms with Gasteiger partial charge in [0, 0.05) is 22.9 Å². The van der Waals surface area contributed by atoms with Crippen LogP contribution in [0.2, 0.25) is 0 Å². The number of carbonyl (C=O) groups excluding carboxylic acids is 2. The second-order valence-corrected chi connectivity index (χ2v) is 7.06. The highest BCUT2D eigenvalue weighted by Gasteiger charge is 2.30. The molecule has 1 aliphatic heterocycles. The average Bonchev–Trinajstić information content (AvgIpc) is 3.00. The molecule has 0 spiro atoms. The first kappa shape index (κ1) is 18.1. The summed E-state index contributed by atoms with van der Waals surface area (Å²) in [6, 6.07) is 14.0. The van der Waals surface area contributed by atoms with Gasteiger partial charge in [-0.15, -0.1) is 0 Å². The van der Waals surface area contributed by atoms with Crippen LogP contribution in [-0.4, -0.2) is 16.7 Å². The van der Waals surface area contributed by atoms with Crippen LogP contribution in [0.25, 0.3) is 6.08 Å². The maximum atomic E-state index is 12.8. The Morgan fingerprint density at radius 2 is 2.00 bits per heavy atom. The van der Waals surface area contributed by atoms with E-state index in [1.807, 2.05) is 24.3 Å². The van der Waals surface area contributed by atoms with Gasteiger partial charge in [0.15, 0.2) is 5.76 Å². The number of fused-ring (bicyclic) bond motifs is 1. The molecule has 0 saturated heterocycles. The van der Waals surface area contributed by atoms with Crippen LogP contribution in [0.1, 0.15) is 31.8 Å². The van der Waals surface area contributed by atoms with E-state index in [0.29, 0.717) is 28.2 Å². The number of allylic oxidation sites excluding steroid dienone is 1. The van der Waals surface area contributed by atoms with Crippen molar-refractivity contribution < 1.29 is 19.1 Å². The molecule has 0 unspecified atom stereocenters. The number of nitrogens with zero attached hydrogens (tertiary/aromatic N) is 1. The molecule has 2 aromatic carbocycles. The van der Waals surface area contributed by atoms with E-state index in [1.54, 1.807) is 43.5 Å². The second-order valence-electron chi connectivity index (χ2n) is 6.21. The molecule has 4 rings (SSSR count). The molecule has 138 valence electrons. The maximum absolute atomic E-state index is 12.8. The van der Waals surface area contributed by atoms with E-state index in [1.165, 1.54) is 6.20 Å². The monoisotopic (exact) mass is 435 g/mol. The standard InChI is InChI=1S/C22H14BrNO4/c1-13-9-16(27-22(26)15-6-4-8-24-12-15)11-18-20(13)21(25)19(28-18)10-14-5-2-3-7-17(14)23/h2-12H,1H3/b19-10-. The Hall–Kier alpha value is -3.25. The van der Waals surface area contributed by atoms with Crippen molar-refractivity contribution in [1.29, 1.82) is 0 Å². The van der Waals surface area contributed by atoms with Crippen LogP contribution in [0.3, 0.4) is 0 Å². The van der Waals surface area contributed by atoms with Crippen LogP contribution in [0.4, 0.5) is 0 Å². The number of hydrogen-bond acceptors (Lipinski definition) is 5. The summed E-state index contributed by atoms with van der Waals surface area (Å²) in [5.74, 6) is 0.173. The maximum Gasteiger partial charge on any atom is 0.345 e. The van der Waals surface area contributed by atoms with Crippen LogP contribution in [0.15, 0.2) is 71.2 Å². The molecule has 0 atom stereocenters. The van der Waals surface area contributed by atoms with Gasteiger partial charge in [-0.25, -0.2) is 4.79 Å². The van der Waals surface area contributed by atoms with Crippen molar-refractivity contribution in [2.45, 2.75) is 6.92 Å². The Kier molecular flexibility index (Phi) is 4.79. The summed E-state index contributed by atoms with van der Waals surface area (Å²) >= 11 is 3.46. The summed E-state index contributed by atoms with van der Waals surface area (Å²) in [5.41, 5.74) is 2.32. The molecule has 6 heteroatoms. The van der Waals surface area contributed by atoms with E-state index >= 15 is 0 Å². The SMILES string of the molecule is Cc1cc(OC(=O)c2cccnc2)cc2c1C(=O)/C(=C/c1ccccc1Br)O2. The van der Waals surface area contributed by atoms with Gasteiger partial charge >= 0.3 is 5.97 Å². The zero-order valence-electron chi connectivity index (χ0n) is 14.8. The number of ketones is 1. The summed E-state index contributed by atoms with van der Waals surface area (Å²) in [6.07, 6.45) is 4.70. The predicted octanol–water partition coefficient (Wildman–Crippen LogP) is 4.99. The third-order valence-electron chi connectivity index (χ3n) is 4.24. The van der Waals surface area contributed by atoms with Gasteiger partial charge in [0.25, 0.3) is 0 Å². The lowest BCUT2D eigenvalue weighted by molar-refractivity contribution is 0.0734. The van der Waals surface area contributed by atoms with Gasteiger partial charge in [-0.2, -0.15) is 0 Å². The lowest BCUT2D eigenvalue weighted by Crippen LogP contribution is -2.09. The van der Waals surface area contributed by atoms with Gasteiger partial charge in [-0.3, -0.25) is 9.78 Å². The van der Waals surface area contributed by atoms with Crippen LogP contribution in [0.5, 0.6) is 11.5 Å². The molecule has 0 saturated carbocycles. The van der Waals surface area contributed by atoms with Gasteiger partial charge in [0.2, 0.25) is 5.78 Å². The number of aromatic nitrogens is 1. The molecule has 3 aromatic rings. The third kappa shape index (κ3) is 3.46. The summed E-state index contributed by atoms with van der Waals surface area (Å²) in [6.45, 7) is 1.78. The van der Waals surface area contributed by atoms with E-state index < -0.39 is 5.97 Å². The summed E-state index contributed by atoms with van der Waals surface area (Å²) < 4.78 is 12.1. The minimum absolute atomic E-state index is 0.201. The first-order chi connectivity index (χ1) is 13.5. The Bertz CT molecular complexity index is 1120. The Morgan fingerprint density at radius 1 is 1.18 bits per heavy atom. The van der Waals surface area contributed by atoms with Gasteiger partial charge in [0.1, 0.15) is 11.5 Å². The average molecular weight is 436 g/mol. The Balaban J connectivity index is 1.63. The molecule has 5 nitrogen and oxygen atoms in total. The number of hydrogen-bond donors (Lipinski definition) is 0. The molecule has 0 N–H and O–H groups in total. The van der Waals surface area contributed by atoms with Crippen molar-refractivity contribution in [2.24, 2.45) is 0 Å². The van der Waals surface area contributed by atoms with Gasteiger partial charge in [-0.05, 0) is 48.4 Å². The largest absolute Gasteiger partial charge is 0.452 e. The molecule has 0 bridgehead atoms. The summed E-state index contributed by atoms with van der Waals surface area (Å²) in [4.78, 5) is 28.9. The molecule has 1 aromatic heterocycles. The van der Waals surface area contributed by atoms with Crippen molar-refractivity contribution in [1.82, 2.24) is 4.98 Å². The van der Waals surface area contributed by atoms with E-state index in [-0.39, 0.29) is 11.5 Å². The van der Waals surface area contributed by atoms with Crippen LogP contribution >= 0.6 is 15.9 Å². The normalized spacial score (nSPS) is 13.9. The first-order valence-electron chi connectivity index (χ1n) is 8.48. The molecular formula is C22H14BrNO4. The zero-order chi connectivity index (χ0) is 19.7. The number of pyridine rings is 1. The Morgan fingerprint density at radius 3 is 2.75 bits per heavy atom. The highest BCUT2D eigenvalue weighted by molar-refractivity contribution is 9.10. The molecule has 2 heterocycles. The topological polar surface area (TPSA) is 65.5 Å². The number of benzene rings is 2. The van der Waals surface area contributed by atoms with Crippen LogP contribution < -0.4 is 9.47 Å².